The summed E-state index contributed by atoms with van der Waals surface area (Å²) < 4.78 is 21.0. The molecule has 0 aromatic heterocycles. The number of hydrogen-bond acceptors (Lipinski definition) is 8. The summed E-state index contributed by atoms with van der Waals surface area (Å²) in [5.41, 5.74) is 0.734. The van der Waals surface area contributed by atoms with Crippen molar-refractivity contribution in [3.63, 3.8) is 0 Å². The third-order valence-corrected chi connectivity index (χ3v) is 4.68. The minimum Gasteiger partial charge on any atom is -0.464 e. The Labute approximate surface area is 208 Å². The van der Waals surface area contributed by atoms with Gasteiger partial charge in [-0.1, -0.05) is 24.3 Å². The predicted molar refractivity (Wildman–Crippen MR) is 129 cm³/mol. The van der Waals surface area contributed by atoms with Gasteiger partial charge in [0, 0.05) is 6.42 Å². The molecule has 2 aromatic rings. The molecule has 1 heterocycles. The van der Waals surface area contributed by atoms with Crippen LogP contribution in [0.5, 0.6) is 11.5 Å². The smallest absolute Gasteiger partial charge is 0.419 e. The molecule has 1 saturated heterocycles. The molecule has 2 N–H and O–H groups in total. The van der Waals surface area contributed by atoms with Crippen molar-refractivity contribution in [3.05, 3.63) is 65.4 Å². The van der Waals surface area contributed by atoms with E-state index in [4.69, 9.17) is 18.9 Å². The second kappa shape index (κ2) is 11.4. The Hall–Kier alpha value is -4.34. The number of hydrogen-bond donors (Lipinski definition) is 2. The van der Waals surface area contributed by atoms with Crippen LogP contribution in [-0.4, -0.2) is 42.3 Å². The first-order valence-electron chi connectivity index (χ1n) is 11.3. The quantitative estimate of drug-likeness (QED) is 0.318. The Morgan fingerprint density at radius 2 is 1.64 bits per heavy atom. The molecular formula is C26H28N2O8. The molecule has 0 aliphatic carbocycles. The van der Waals surface area contributed by atoms with E-state index in [-0.39, 0.29) is 18.8 Å². The summed E-state index contributed by atoms with van der Waals surface area (Å²) in [5, 5.41) is 4.61. The maximum atomic E-state index is 12.4. The van der Waals surface area contributed by atoms with E-state index < -0.39 is 35.7 Å². The zero-order chi connectivity index (χ0) is 26.3. The van der Waals surface area contributed by atoms with E-state index >= 15 is 0 Å². The van der Waals surface area contributed by atoms with Crippen LogP contribution in [0.1, 0.15) is 38.8 Å². The van der Waals surface area contributed by atoms with E-state index in [9.17, 15) is 19.2 Å². The van der Waals surface area contributed by atoms with Crippen LogP contribution in [0.3, 0.4) is 0 Å². The van der Waals surface area contributed by atoms with Crippen LogP contribution in [0, 0.1) is 0 Å². The molecule has 1 atom stereocenters. The number of amides is 3. The lowest BCUT2D eigenvalue weighted by atomic mass is 10.1. The first-order chi connectivity index (χ1) is 17.0. The highest BCUT2D eigenvalue weighted by Gasteiger charge is 2.26. The van der Waals surface area contributed by atoms with Gasteiger partial charge in [-0.2, -0.15) is 0 Å². The molecule has 1 aliphatic rings. The number of carbonyl (C=O) groups is 4. The molecule has 10 heteroatoms. The van der Waals surface area contributed by atoms with Crippen LogP contribution in [0.4, 0.5) is 9.59 Å². The van der Waals surface area contributed by atoms with Gasteiger partial charge in [0.15, 0.2) is 5.76 Å². The van der Waals surface area contributed by atoms with Gasteiger partial charge in [-0.25, -0.2) is 14.4 Å². The van der Waals surface area contributed by atoms with Crippen molar-refractivity contribution in [3.8, 4) is 11.5 Å². The van der Waals surface area contributed by atoms with Crippen molar-refractivity contribution in [2.75, 3.05) is 6.61 Å². The Morgan fingerprint density at radius 1 is 1.03 bits per heavy atom. The molecule has 0 radical (unpaired) electrons. The fourth-order valence-electron chi connectivity index (χ4n) is 3.16. The Kier molecular flexibility index (Phi) is 8.31. The molecular weight excluding hydrogens is 468 g/mol. The van der Waals surface area contributed by atoms with Gasteiger partial charge < -0.3 is 24.3 Å². The van der Waals surface area contributed by atoms with E-state index in [0.717, 1.165) is 5.56 Å². The highest BCUT2D eigenvalue weighted by molar-refractivity contribution is 6.09. The number of ether oxygens (including phenoxy) is 4. The summed E-state index contributed by atoms with van der Waals surface area (Å²) in [6.07, 6.45) is 0.152. The van der Waals surface area contributed by atoms with Gasteiger partial charge in [-0.3, -0.25) is 10.1 Å². The Balaban J connectivity index is 1.62. The number of esters is 1. The molecule has 3 rings (SSSR count). The van der Waals surface area contributed by atoms with Gasteiger partial charge in [-0.15, -0.1) is 0 Å². The minimum absolute atomic E-state index is 0.0773. The molecule has 1 unspecified atom stereocenters. The number of carbonyl (C=O) groups excluding carboxylic acids is 4. The third-order valence-electron chi connectivity index (χ3n) is 4.68. The number of cyclic esters (lactones) is 1. The first kappa shape index (κ1) is 26.3. The van der Waals surface area contributed by atoms with Crippen molar-refractivity contribution in [2.24, 2.45) is 0 Å². The Morgan fingerprint density at radius 3 is 2.17 bits per heavy atom. The van der Waals surface area contributed by atoms with Crippen LogP contribution < -0.4 is 15.4 Å². The SMILES string of the molecule is CCOC(=O)C(Cc1ccc(Oc2ccc(C=C3OC(=O)NC3=O)cc2)cc1)NC(=O)OC(C)(C)C. The molecule has 3 amide bonds. The number of imide groups is 1. The first-order valence-corrected chi connectivity index (χ1v) is 11.3. The zero-order valence-electron chi connectivity index (χ0n) is 20.5. The van der Waals surface area contributed by atoms with E-state index in [1.165, 1.54) is 6.08 Å². The zero-order valence-corrected chi connectivity index (χ0v) is 20.5. The van der Waals surface area contributed by atoms with E-state index in [1.54, 1.807) is 76.2 Å². The van der Waals surface area contributed by atoms with Crippen molar-refractivity contribution in [1.82, 2.24) is 10.6 Å². The number of rotatable bonds is 8. The molecule has 2 aromatic carbocycles. The molecule has 0 bridgehead atoms. The summed E-state index contributed by atoms with van der Waals surface area (Å²) in [4.78, 5) is 47.2. The summed E-state index contributed by atoms with van der Waals surface area (Å²) in [5.74, 6) is -0.113. The minimum atomic E-state index is -0.908. The second-order valence-electron chi connectivity index (χ2n) is 8.82. The van der Waals surface area contributed by atoms with Crippen molar-refractivity contribution >= 4 is 30.1 Å². The average molecular weight is 497 g/mol. The summed E-state index contributed by atoms with van der Waals surface area (Å²) >= 11 is 0. The van der Waals surface area contributed by atoms with Crippen LogP contribution >= 0.6 is 0 Å². The van der Waals surface area contributed by atoms with E-state index in [0.29, 0.717) is 17.1 Å². The van der Waals surface area contributed by atoms with Crippen molar-refractivity contribution < 1.29 is 38.1 Å². The van der Waals surface area contributed by atoms with Crippen LogP contribution in [-0.2, 0) is 30.2 Å². The van der Waals surface area contributed by atoms with Crippen molar-refractivity contribution in [1.29, 1.82) is 0 Å². The molecule has 1 fully saturated rings. The van der Waals surface area contributed by atoms with Gasteiger partial charge >= 0.3 is 18.2 Å². The summed E-state index contributed by atoms with van der Waals surface area (Å²) in [6.45, 7) is 7.09. The Bertz CT molecular complexity index is 1150. The largest absolute Gasteiger partial charge is 0.464 e. The maximum absolute atomic E-state index is 12.4. The summed E-state index contributed by atoms with van der Waals surface area (Å²) in [6, 6.07) is 13.0. The van der Waals surface area contributed by atoms with Crippen LogP contribution in [0.15, 0.2) is 54.3 Å². The molecule has 1 aliphatic heterocycles. The van der Waals surface area contributed by atoms with Gasteiger partial charge in [0.1, 0.15) is 23.1 Å². The van der Waals surface area contributed by atoms with Gasteiger partial charge in [0.05, 0.1) is 6.61 Å². The van der Waals surface area contributed by atoms with E-state index in [1.807, 2.05) is 5.32 Å². The lowest BCUT2D eigenvalue weighted by Gasteiger charge is -2.23. The number of benzene rings is 2. The van der Waals surface area contributed by atoms with Gasteiger partial charge in [-0.05, 0) is 69.2 Å². The van der Waals surface area contributed by atoms with Gasteiger partial charge in [0.2, 0.25) is 0 Å². The highest BCUT2D eigenvalue weighted by Crippen LogP contribution is 2.24. The number of nitrogens with one attached hydrogen (secondary N) is 2. The van der Waals surface area contributed by atoms with Crippen LogP contribution in [0.25, 0.3) is 6.08 Å². The van der Waals surface area contributed by atoms with Crippen molar-refractivity contribution in [2.45, 2.75) is 45.8 Å². The highest BCUT2D eigenvalue weighted by atomic mass is 16.6. The topological polar surface area (TPSA) is 129 Å². The lowest BCUT2D eigenvalue weighted by Crippen LogP contribution is -2.45. The van der Waals surface area contributed by atoms with Gasteiger partial charge in [0.25, 0.3) is 5.91 Å². The normalized spacial score (nSPS) is 15.1. The van der Waals surface area contributed by atoms with Crippen LogP contribution in [0.2, 0.25) is 0 Å². The van der Waals surface area contributed by atoms with E-state index in [2.05, 4.69) is 5.32 Å². The number of alkyl carbamates (subject to hydrolysis) is 2. The fourth-order valence-corrected chi connectivity index (χ4v) is 3.16. The molecule has 190 valence electrons. The molecule has 10 nitrogen and oxygen atoms in total. The molecule has 36 heavy (non-hydrogen) atoms. The molecule has 0 spiro atoms. The third kappa shape index (κ3) is 7.86. The standard InChI is InChI=1S/C26H28N2O8/c1-5-33-23(30)20(27-25(32)36-26(2,3)4)14-16-6-10-18(11-7-16)34-19-12-8-17(9-13-19)15-21-22(29)28-24(31)35-21/h6-13,15,20H,5,14H2,1-4H3,(H,27,32)(H,28,29,31). The maximum Gasteiger partial charge on any atom is 0.419 e. The monoisotopic (exact) mass is 496 g/mol. The molecule has 0 saturated carbocycles. The predicted octanol–water partition coefficient (Wildman–Crippen LogP) is 4.09. The second-order valence-corrected chi connectivity index (χ2v) is 8.82. The lowest BCUT2D eigenvalue weighted by molar-refractivity contribution is -0.145. The fraction of sp³-hybridized carbons (Fsp3) is 0.308. The average Bonchev–Trinajstić information content (AvgIpc) is 3.11. The summed E-state index contributed by atoms with van der Waals surface area (Å²) in [7, 11) is 0.